The van der Waals surface area contributed by atoms with E-state index in [1.807, 2.05) is 36.4 Å². The van der Waals surface area contributed by atoms with Crippen molar-refractivity contribution in [2.75, 3.05) is 26.9 Å². The van der Waals surface area contributed by atoms with Crippen LogP contribution in [-0.2, 0) is 14.3 Å². The number of amides is 2. The van der Waals surface area contributed by atoms with Crippen LogP contribution in [0.3, 0.4) is 0 Å². The van der Waals surface area contributed by atoms with Crippen molar-refractivity contribution in [2.45, 2.75) is 13.8 Å². The Morgan fingerprint density at radius 3 is 2.54 bits per heavy atom. The highest BCUT2D eigenvalue weighted by Crippen LogP contribution is 2.32. The van der Waals surface area contributed by atoms with E-state index in [0.29, 0.717) is 23.4 Å². The van der Waals surface area contributed by atoms with Crippen LogP contribution in [0.25, 0.3) is 23.0 Å². The number of imide groups is 1. The third-order valence-electron chi connectivity index (χ3n) is 5.91. The summed E-state index contributed by atoms with van der Waals surface area (Å²) in [4.78, 5) is 27.1. The molecule has 0 spiro atoms. The highest BCUT2D eigenvalue weighted by atomic mass is 19.1. The van der Waals surface area contributed by atoms with Crippen molar-refractivity contribution in [3.63, 3.8) is 0 Å². The van der Waals surface area contributed by atoms with E-state index in [1.54, 1.807) is 36.9 Å². The Morgan fingerprint density at radius 1 is 1.14 bits per heavy atom. The monoisotopic (exact) mass is 500 g/mol. The number of para-hydroxylation sites is 1. The Morgan fingerprint density at radius 2 is 1.89 bits per heavy atom. The summed E-state index contributed by atoms with van der Waals surface area (Å²) in [7, 11) is 1.46. The zero-order valence-corrected chi connectivity index (χ0v) is 20.7. The van der Waals surface area contributed by atoms with Gasteiger partial charge in [0.05, 0.1) is 25.4 Å². The summed E-state index contributed by atoms with van der Waals surface area (Å²) in [6, 6.07) is 15.8. The molecule has 37 heavy (non-hydrogen) atoms. The Balaban J connectivity index is 1.89. The topological polar surface area (TPSA) is 97.4 Å². The van der Waals surface area contributed by atoms with Crippen molar-refractivity contribution in [1.82, 2.24) is 14.7 Å². The Bertz CT molecular complexity index is 1450. The van der Waals surface area contributed by atoms with Gasteiger partial charge in [0.25, 0.3) is 11.8 Å². The molecule has 0 radical (unpaired) electrons. The average Bonchev–Trinajstić information content (AvgIpc) is 3.32. The maximum atomic E-state index is 14.7. The van der Waals surface area contributed by atoms with Crippen LogP contribution in [0.1, 0.15) is 19.4 Å². The fourth-order valence-corrected chi connectivity index (χ4v) is 4.02. The first-order valence-corrected chi connectivity index (χ1v) is 11.7. The third kappa shape index (κ3) is 5.06. The summed E-state index contributed by atoms with van der Waals surface area (Å²) >= 11 is 0. The second-order valence-electron chi connectivity index (χ2n) is 8.22. The largest absolute Gasteiger partial charge is 0.491 e. The average molecular weight is 501 g/mol. The zero-order valence-electron chi connectivity index (χ0n) is 20.7. The van der Waals surface area contributed by atoms with Gasteiger partial charge in [-0.2, -0.15) is 10.4 Å². The molecule has 0 bridgehead atoms. The zero-order chi connectivity index (χ0) is 26.5. The molecule has 2 aromatic carbocycles. The Labute approximate surface area is 213 Å². The van der Waals surface area contributed by atoms with Gasteiger partial charge in [-0.05, 0) is 55.8 Å². The molecule has 188 valence electrons. The molecule has 1 aliphatic rings. The van der Waals surface area contributed by atoms with Crippen molar-refractivity contribution in [2.24, 2.45) is 0 Å². The molecule has 0 saturated heterocycles. The molecule has 1 aromatic heterocycles. The summed E-state index contributed by atoms with van der Waals surface area (Å²) in [5.74, 6) is -1.62. The Hall–Kier alpha value is -4.55. The van der Waals surface area contributed by atoms with E-state index in [4.69, 9.17) is 9.47 Å². The molecule has 2 heterocycles. The number of methoxy groups -OCH3 is 1. The van der Waals surface area contributed by atoms with E-state index in [1.165, 1.54) is 19.2 Å². The van der Waals surface area contributed by atoms with Crippen LogP contribution in [0, 0.1) is 17.1 Å². The van der Waals surface area contributed by atoms with E-state index in [9.17, 15) is 19.2 Å². The summed E-state index contributed by atoms with van der Waals surface area (Å²) in [5, 5.41) is 14.3. The van der Waals surface area contributed by atoms with Gasteiger partial charge >= 0.3 is 0 Å². The highest BCUT2D eigenvalue weighted by molar-refractivity contribution is 6.19. The lowest BCUT2D eigenvalue weighted by Gasteiger charge is -2.27. The van der Waals surface area contributed by atoms with Gasteiger partial charge in [0, 0.05) is 30.0 Å². The number of carbonyl (C=O) groups excluding carboxylic acids is 2. The lowest BCUT2D eigenvalue weighted by molar-refractivity contribution is -0.141. The number of nitriles is 1. The van der Waals surface area contributed by atoms with Crippen molar-refractivity contribution in [3.05, 3.63) is 82.8 Å². The van der Waals surface area contributed by atoms with Crippen LogP contribution in [0.4, 0.5) is 4.39 Å². The lowest BCUT2D eigenvalue weighted by Crippen LogP contribution is -2.44. The van der Waals surface area contributed by atoms with Crippen LogP contribution < -0.4 is 4.74 Å². The van der Waals surface area contributed by atoms with E-state index < -0.39 is 17.6 Å². The van der Waals surface area contributed by atoms with E-state index in [0.717, 1.165) is 10.6 Å². The van der Waals surface area contributed by atoms with E-state index >= 15 is 0 Å². The smallest absolute Gasteiger partial charge is 0.271 e. The minimum Gasteiger partial charge on any atom is -0.491 e. The molecule has 2 amide bonds. The Kier molecular flexibility index (Phi) is 7.60. The van der Waals surface area contributed by atoms with Crippen LogP contribution >= 0.6 is 0 Å². The molecule has 0 fully saturated rings. The molecule has 0 N–H and O–H groups in total. The maximum Gasteiger partial charge on any atom is 0.271 e. The van der Waals surface area contributed by atoms with Crippen LogP contribution in [0.2, 0.25) is 0 Å². The van der Waals surface area contributed by atoms with Crippen LogP contribution in [0.15, 0.2) is 71.4 Å². The van der Waals surface area contributed by atoms with E-state index in [2.05, 4.69) is 5.10 Å². The summed E-state index contributed by atoms with van der Waals surface area (Å²) in [6.07, 6.45) is 3.30. The van der Waals surface area contributed by atoms with Gasteiger partial charge in [0.15, 0.2) is 11.6 Å². The predicted molar refractivity (Wildman–Crippen MR) is 135 cm³/mol. The molecular weight excluding hydrogens is 475 g/mol. The number of carbonyl (C=O) groups is 2. The first-order chi connectivity index (χ1) is 17.9. The van der Waals surface area contributed by atoms with Crippen LogP contribution in [0.5, 0.6) is 5.75 Å². The fraction of sp³-hybridized carbons (Fsp3) is 0.214. The van der Waals surface area contributed by atoms with Gasteiger partial charge in [0.2, 0.25) is 0 Å². The maximum absolute atomic E-state index is 14.7. The third-order valence-corrected chi connectivity index (χ3v) is 5.91. The molecule has 0 aliphatic carbocycles. The minimum atomic E-state index is -0.659. The van der Waals surface area contributed by atoms with Crippen molar-refractivity contribution in [1.29, 1.82) is 5.26 Å². The first-order valence-electron chi connectivity index (χ1n) is 11.7. The molecule has 4 rings (SSSR count). The van der Waals surface area contributed by atoms with Crippen molar-refractivity contribution < 1.29 is 23.5 Å². The normalized spacial score (nSPS) is 14.9. The molecule has 0 saturated carbocycles. The second kappa shape index (κ2) is 11.0. The number of rotatable bonds is 8. The number of hydrogen-bond donors (Lipinski definition) is 0. The molecule has 9 heteroatoms. The molecular formula is C28H25FN4O4. The standard InChI is InChI=1S/C28H25FN4O4/c1-4-37-25-11-10-19(15-24(25)29)26-20(17-33(31-26)21-8-6-5-7-9-21)14-22-18(2)23(16-30)28(35)32(27(22)34)12-13-36-3/h5-11,14-15,17H,4,12-13H2,1-3H3/b22-14+. The number of hydrogen-bond acceptors (Lipinski definition) is 6. The number of nitrogens with zero attached hydrogens (tertiary/aromatic N) is 4. The lowest BCUT2D eigenvalue weighted by atomic mass is 9.93. The van der Waals surface area contributed by atoms with Gasteiger partial charge in [-0.3, -0.25) is 14.5 Å². The van der Waals surface area contributed by atoms with Gasteiger partial charge in [-0.1, -0.05) is 18.2 Å². The van der Waals surface area contributed by atoms with Gasteiger partial charge in [-0.15, -0.1) is 0 Å². The van der Waals surface area contributed by atoms with Crippen molar-refractivity contribution >= 4 is 17.9 Å². The number of halogens is 1. The molecule has 3 aromatic rings. The molecule has 1 aliphatic heterocycles. The molecule has 8 nitrogen and oxygen atoms in total. The van der Waals surface area contributed by atoms with Gasteiger partial charge < -0.3 is 9.47 Å². The molecule has 0 atom stereocenters. The quantitative estimate of drug-likeness (QED) is 0.338. The number of aromatic nitrogens is 2. The first kappa shape index (κ1) is 25.5. The summed E-state index contributed by atoms with van der Waals surface area (Å²) in [5.41, 5.74) is 2.48. The van der Waals surface area contributed by atoms with E-state index in [-0.39, 0.29) is 35.6 Å². The van der Waals surface area contributed by atoms with Gasteiger partial charge in [-0.25, -0.2) is 9.07 Å². The SMILES string of the molecule is CCOc1ccc(-c2nn(-c3ccccc3)cc2/C=C2/C(=O)N(CCOC)C(=O)C(C#N)=C2C)cc1F. The summed E-state index contributed by atoms with van der Waals surface area (Å²) in [6.45, 7) is 3.79. The fourth-order valence-electron chi connectivity index (χ4n) is 4.02. The molecule has 0 unspecified atom stereocenters. The second-order valence-corrected chi connectivity index (χ2v) is 8.22. The minimum absolute atomic E-state index is 0.00417. The van der Waals surface area contributed by atoms with Gasteiger partial charge in [0.1, 0.15) is 17.3 Å². The van der Waals surface area contributed by atoms with Crippen LogP contribution in [-0.4, -0.2) is 53.4 Å². The number of benzene rings is 2. The van der Waals surface area contributed by atoms with Crippen molar-refractivity contribution in [3.8, 4) is 28.8 Å². The number of ether oxygens (including phenoxy) is 2. The summed E-state index contributed by atoms with van der Waals surface area (Å²) < 4.78 is 26.7. The predicted octanol–water partition coefficient (Wildman–Crippen LogP) is 4.32. The highest BCUT2D eigenvalue weighted by Gasteiger charge is 2.35.